The second kappa shape index (κ2) is 5.72. The molecule has 4 heteroatoms. The van der Waals surface area contributed by atoms with Crippen molar-refractivity contribution in [2.75, 3.05) is 26.8 Å². The van der Waals surface area contributed by atoms with Crippen molar-refractivity contribution < 1.29 is 14.6 Å². The molecule has 3 fully saturated rings. The van der Waals surface area contributed by atoms with Crippen LogP contribution in [0.2, 0.25) is 0 Å². The smallest absolute Gasteiger partial charge is 0.169 e. The van der Waals surface area contributed by atoms with Crippen molar-refractivity contribution in [3.8, 4) is 5.75 Å². The van der Waals surface area contributed by atoms with E-state index in [1.165, 1.54) is 11.1 Å². The molecule has 0 radical (unpaired) electrons. The van der Waals surface area contributed by atoms with Gasteiger partial charge in [-0.2, -0.15) is 0 Å². The number of aryl methyl sites for hydroxylation is 1. The minimum Gasteiger partial charge on any atom is -0.508 e. The monoisotopic (exact) mass is 331 g/mol. The normalized spacial score (nSPS) is 36.0. The second-order valence-corrected chi connectivity index (χ2v) is 8.06. The lowest BCUT2D eigenvalue weighted by Gasteiger charge is -2.57. The van der Waals surface area contributed by atoms with Crippen LogP contribution in [0, 0.1) is 12.8 Å². The zero-order valence-electron chi connectivity index (χ0n) is 15.0. The molecule has 2 saturated heterocycles. The molecule has 4 rings (SSSR count). The molecule has 1 N–H and O–H groups in total. The number of ether oxygens (including phenoxy) is 2. The van der Waals surface area contributed by atoms with Crippen LogP contribution in [0.5, 0.6) is 5.75 Å². The lowest BCUT2D eigenvalue weighted by atomic mass is 9.55. The van der Waals surface area contributed by atoms with Crippen LogP contribution < -0.4 is 0 Å². The Kier molecular flexibility index (Phi) is 3.90. The quantitative estimate of drug-likeness (QED) is 0.858. The maximum atomic E-state index is 10.2. The predicted molar refractivity (Wildman–Crippen MR) is 93.2 cm³/mol. The fourth-order valence-electron chi connectivity index (χ4n) is 5.53. The molecule has 1 unspecified atom stereocenters. The number of nitrogens with zero attached hydrogens (tertiary/aromatic N) is 1. The summed E-state index contributed by atoms with van der Waals surface area (Å²) >= 11 is 0. The van der Waals surface area contributed by atoms with Crippen LogP contribution >= 0.6 is 0 Å². The molecule has 1 saturated carbocycles. The number of phenols is 1. The highest BCUT2D eigenvalue weighted by atomic mass is 16.7. The van der Waals surface area contributed by atoms with Crippen molar-refractivity contribution >= 4 is 0 Å². The topological polar surface area (TPSA) is 41.9 Å². The van der Waals surface area contributed by atoms with Gasteiger partial charge < -0.3 is 19.5 Å². The summed E-state index contributed by atoms with van der Waals surface area (Å²) in [5.41, 5.74) is 2.59. The number of aromatic hydroxyl groups is 1. The first-order valence-corrected chi connectivity index (χ1v) is 9.24. The van der Waals surface area contributed by atoms with Gasteiger partial charge in [-0.1, -0.05) is 6.07 Å². The Labute approximate surface area is 144 Å². The molecule has 132 valence electrons. The summed E-state index contributed by atoms with van der Waals surface area (Å²) in [6, 6.07) is 6.37. The van der Waals surface area contributed by atoms with E-state index in [1.54, 1.807) is 6.07 Å². The summed E-state index contributed by atoms with van der Waals surface area (Å²) < 4.78 is 12.2. The van der Waals surface area contributed by atoms with E-state index < -0.39 is 5.79 Å². The van der Waals surface area contributed by atoms with E-state index in [2.05, 4.69) is 31.9 Å². The average molecular weight is 331 g/mol. The van der Waals surface area contributed by atoms with E-state index in [4.69, 9.17) is 9.47 Å². The third-order valence-electron chi connectivity index (χ3n) is 6.89. The Balaban J connectivity index is 1.82. The minimum absolute atomic E-state index is 0.0251. The Morgan fingerprint density at radius 1 is 1.21 bits per heavy atom. The van der Waals surface area contributed by atoms with Crippen molar-refractivity contribution in [3.05, 3.63) is 29.3 Å². The lowest BCUT2D eigenvalue weighted by molar-refractivity contribution is -0.210. The highest BCUT2D eigenvalue weighted by Crippen LogP contribution is 2.56. The Morgan fingerprint density at radius 2 is 1.96 bits per heavy atom. The van der Waals surface area contributed by atoms with Crippen molar-refractivity contribution in [2.24, 2.45) is 5.92 Å². The Hall–Kier alpha value is -1.10. The van der Waals surface area contributed by atoms with Crippen LogP contribution in [0.25, 0.3) is 0 Å². The van der Waals surface area contributed by atoms with Crippen LogP contribution in [-0.4, -0.2) is 48.6 Å². The van der Waals surface area contributed by atoms with Crippen molar-refractivity contribution in [1.82, 2.24) is 4.90 Å². The molecular formula is C20H29NO3. The standard InChI is InChI=1S/C20H29NO3/c1-14-4-5-16(22)12-18(14)19-8-9-21(3)15(2)17(19)6-7-20(13-19)23-10-11-24-20/h4-5,12,15,17,22H,6-11,13H2,1-3H3/t15?,17-,19-/m0/s1. The molecule has 1 aromatic carbocycles. The Morgan fingerprint density at radius 3 is 2.71 bits per heavy atom. The average Bonchev–Trinajstić information content (AvgIpc) is 3.01. The number of phenolic OH excluding ortho intramolecular Hbond substituents is 1. The lowest BCUT2D eigenvalue weighted by Crippen LogP contribution is -2.60. The fourth-order valence-corrected chi connectivity index (χ4v) is 5.53. The molecule has 2 aliphatic heterocycles. The molecule has 3 atom stereocenters. The first-order valence-electron chi connectivity index (χ1n) is 9.24. The van der Waals surface area contributed by atoms with E-state index in [0.29, 0.717) is 30.9 Å². The van der Waals surface area contributed by atoms with E-state index in [1.807, 2.05) is 6.07 Å². The minimum atomic E-state index is -0.413. The highest BCUT2D eigenvalue weighted by Gasteiger charge is 2.57. The zero-order valence-corrected chi connectivity index (χ0v) is 15.0. The van der Waals surface area contributed by atoms with Crippen LogP contribution in [0.3, 0.4) is 0 Å². The summed E-state index contributed by atoms with van der Waals surface area (Å²) in [6.45, 7) is 7.00. The van der Waals surface area contributed by atoms with Gasteiger partial charge in [0.15, 0.2) is 5.79 Å². The van der Waals surface area contributed by atoms with Gasteiger partial charge in [-0.3, -0.25) is 0 Å². The fraction of sp³-hybridized carbons (Fsp3) is 0.700. The van der Waals surface area contributed by atoms with Gasteiger partial charge >= 0.3 is 0 Å². The van der Waals surface area contributed by atoms with Crippen LogP contribution in [0.4, 0.5) is 0 Å². The summed E-state index contributed by atoms with van der Waals surface area (Å²) in [7, 11) is 2.23. The first-order chi connectivity index (χ1) is 11.5. The van der Waals surface area contributed by atoms with Gasteiger partial charge in [0.2, 0.25) is 0 Å². The number of piperidine rings is 1. The molecule has 1 aliphatic carbocycles. The number of benzene rings is 1. The van der Waals surface area contributed by atoms with Crippen molar-refractivity contribution in [2.45, 2.75) is 56.8 Å². The largest absolute Gasteiger partial charge is 0.508 e. The summed E-state index contributed by atoms with van der Waals surface area (Å²) in [6.07, 6.45) is 4.10. The highest BCUT2D eigenvalue weighted by molar-refractivity contribution is 5.41. The van der Waals surface area contributed by atoms with Gasteiger partial charge in [0.05, 0.1) is 13.2 Å². The van der Waals surface area contributed by atoms with Crippen molar-refractivity contribution in [1.29, 1.82) is 0 Å². The number of likely N-dealkylation sites (tertiary alicyclic amines) is 1. The Bertz CT molecular complexity index is 625. The number of fused-ring (bicyclic) bond motifs is 1. The van der Waals surface area contributed by atoms with E-state index in [-0.39, 0.29) is 5.41 Å². The van der Waals surface area contributed by atoms with Gasteiger partial charge in [-0.05, 0) is 69.5 Å². The molecule has 3 aliphatic rings. The molecule has 1 aromatic rings. The van der Waals surface area contributed by atoms with Crippen LogP contribution in [0.15, 0.2) is 18.2 Å². The predicted octanol–water partition coefficient (Wildman–Crippen LogP) is 3.21. The molecule has 24 heavy (non-hydrogen) atoms. The van der Waals surface area contributed by atoms with Gasteiger partial charge in [0, 0.05) is 24.3 Å². The van der Waals surface area contributed by atoms with E-state index >= 15 is 0 Å². The third-order valence-corrected chi connectivity index (χ3v) is 6.89. The maximum Gasteiger partial charge on any atom is 0.169 e. The van der Waals surface area contributed by atoms with Gasteiger partial charge in [0.1, 0.15) is 5.75 Å². The van der Waals surface area contributed by atoms with Crippen LogP contribution in [-0.2, 0) is 14.9 Å². The molecule has 1 spiro atoms. The zero-order chi connectivity index (χ0) is 16.9. The molecule has 2 heterocycles. The summed E-state index contributed by atoms with van der Waals surface area (Å²) in [5, 5.41) is 10.2. The SMILES string of the molecule is Cc1ccc(O)cc1[C@]12CCN(C)C(C)[C@@H]1CCC1(C2)OCCO1. The number of rotatable bonds is 1. The number of hydrogen-bond acceptors (Lipinski definition) is 4. The summed E-state index contributed by atoms with van der Waals surface area (Å²) in [5.74, 6) is 0.516. The first kappa shape index (κ1) is 16.4. The van der Waals surface area contributed by atoms with Gasteiger partial charge in [-0.25, -0.2) is 0 Å². The summed E-state index contributed by atoms with van der Waals surface area (Å²) in [4.78, 5) is 2.48. The van der Waals surface area contributed by atoms with E-state index in [9.17, 15) is 5.11 Å². The molecular weight excluding hydrogens is 302 g/mol. The molecule has 0 bridgehead atoms. The molecule has 0 aromatic heterocycles. The van der Waals surface area contributed by atoms with Crippen LogP contribution in [0.1, 0.15) is 43.7 Å². The third kappa shape index (κ3) is 2.39. The van der Waals surface area contributed by atoms with Gasteiger partial charge in [0.25, 0.3) is 0 Å². The second-order valence-electron chi connectivity index (χ2n) is 8.06. The number of hydrogen-bond donors (Lipinski definition) is 1. The van der Waals surface area contributed by atoms with E-state index in [0.717, 1.165) is 32.2 Å². The molecule has 4 nitrogen and oxygen atoms in total. The van der Waals surface area contributed by atoms with Gasteiger partial charge in [-0.15, -0.1) is 0 Å². The molecule has 0 amide bonds. The maximum absolute atomic E-state index is 10.2. The van der Waals surface area contributed by atoms with Crippen molar-refractivity contribution in [3.63, 3.8) is 0 Å².